The number of tetrazole rings is 1. The lowest BCUT2D eigenvalue weighted by molar-refractivity contribution is -0.274. The fourth-order valence-corrected chi connectivity index (χ4v) is 5.00. The van der Waals surface area contributed by atoms with Gasteiger partial charge in [-0.25, -0.2) is 9.67 Å². The van der Waals surface area contributed by atoms with Gasteiger partial charge >= 0.3 is 12.5 Å². The van der Waals surface area contributed by atoms with Crippen LogP contribution in [0.2, 0.25) is 10.0 Å². The van der Waals surface area contributed by atoms with Crippen molar-refractivity contribution in [3.63, 3.8) is 0 Å². The minimum absolute atomic E-state index is 0.00486. The highest BCUT2D eigenvalue weighted by Gasteiger charge is 2.37. The van der Waals surface area contributed by atoms with Crippen molar-refractivity contribution in [1.29, 1.82) is 0 Å². The van der Waals surface area contributed by atoms with E-state index in [2.05, 4.69) is 35.5 Å². The summed E-state index contributed by atoms with van der Waals surface area (Å²) in [6.45, 7) is 1.03. The Hall–Kier alpha value is -5.03. The standard InChI is InChI=1S/C29H20Cl2F6N8O3/c1-15-7-8-20(30)24(26(47)39-13-16-4-2-5-18(10-16)48-29(35,36)37)19(15)12-23(46)22-11-17(14-44-42-27(40-43-44)28(32,33)34)41-45(22)25-21(31)6-3-9-38-25/h2-11H,12-14H2,1H3,(H,39,47). The Morgan fingerprint density at radius 1 is 0.958 bits per heavy atom. The molecule has 0 aliphatic carbocycles. The monoisotopic (exact) mass is 712 g/mol. The number of benzene rings is 2. The lowest BCUT2D eigenvalue weighted by atomic mass is 9.95. The maximum absolute atomic E-state index is 13.9. The number of halogens is 8. The molecular weight excluding hydrogens is 693 g/mol. The molecule has 11 nitrogen and oxygen atoms in total. The molecule has 0 atom stereocenters. The first kappa shape index (κ1) is 34.3. The number of carbonyl (C=O) groups excluding carboxylic acids is 2. The Balaban J connectivity index is 1.43. The van der Waals surface area contributed by atoms with Crippen molar-refractivity contribution in [2.24, 2.45) is 0 Å². The molecule has 3 heterocycles. The molecule has 0 bridgehead atoms. The number of aromatic nitrogens is 7. The van der Waals surface area contributed by atoms with Crippen LogP contribution in [-0.2, 0) is 25.7 Å². The molecule has 0 radical (unpaired) electrons. The van der Waals surface area contributed by atoms with E-state index in [0.29, 0.717) is 15.9 Å². The van der Waals surface area contributed by atoms with Gasteiger partial charge in [-0.3, -0.25) is 9.59 Å². The molecule has 5 aromatic rings. The van der Waals surface area contributed by atoms with Gasteiger partial charge in [-0.2, -0.15) is 23.1 Å². The van der Waals surface area contributed by atoms with Crippen LogP contribution in [0.25, 0.3) is 5.82 Å². The van der Waals surface area contributed by atoms with Gasteiger partial charge in [-0.15, -0.1) is 23.4 Å². The van der Waals surface area contributed by atoms with E-state index >= 15 is 0 Å². The summed E-state index contributed by atoms with van der Waals surface area (Å²) in [5, 5.41) is 16.7. The molecule has 1 N–H and O–H groups in total. The highest BCUT2D eigenvalue weighted by molar-refractivity contribution is 6.34. The van der Waals surface area contributed by atoms with E-state index in [4.69, 9.17) is 23.2 Å². The summed E-state index contributed by atoms with van der Waals surface area (Å²) < 4.78 is 82.0. The van der Waals surface area contributed by atoms with Gasteiger partial charge < -0.3 is 10.1 Å². The normalized spacial score (nSPS) is 11.9. The second-order valence-electron chi connectivity index (χ2n) is 10.1. The van der Waals surface area contributed by atoms with E-state index in [0.717, 1.165) is 16.8 Å². The minimum Gasteiger partial charge on any atom is -0.406 e. The number of nitrogens with zero attached hydrogens (tertiary/aromatic N) is 7. The molecule has 3 aromatic heterocycles. The zero-order chi connectivity index (χ0) is 34.8. The van der Waals surface area contributed by atoms with Crippen LogP contribution in [0.3, 0.4) is 0 Å². The van der Waals surface area contributed by atoms with E-state index < -0.39 is 48.8 Å². The molecule has 2 aromatic carbocycles. The van der Waals surface area contributed by atoms with Crippen molar-refractivity contribution in [1.82, 2.24) is 40.3 Å². The lowest BCUT2D eigenvalue weighted by Gasteiger charge is -2.15. The van der Waals surface area contributed by atoms with Gasteiger partial charge in [0.25, 0.3) is 11.7 Å². The van der Waals surface area contributed by atoms with E-state index in [1.165, 1.54) is 42.6 Å². The number of ether oxygens (including phenoxy) is 1. The summed E-state index contributed by atoms with van der Waals surface area (Å²) in [6, 6.07) is 12.4. The van der Waals surface area contributed by atoms with Gasteiger partial charge in [0, 0.05) is 19.2 Å². The summed E-state index contributed by atoms with van der Waals surface area (Å²) in [7, 11) is 0. The minimum atomic E-state index is -4.90. The molecule has 0 aliphatic heterocycles. The molecule has 0 unspecified atom stereocenters. The Kier molecular flexibility index (Phi) is 9.72. The van der Waals surface area contributed by atoms with Gasteiger partial charge in [0.15, 0.2) is 11.6 Å². The van der Waals surface area contributed by atoms with Crippen LogP contribution < -0.4 is 10.1 Å². The Bertz CT molecular complexity index is 1990. The average Bonchev–Trinajstić information content (AvgIpc) is 3.65. The molecule has 0 saturated carbocycles. The first-order chi connectivity index (χ1) is 22.6. The van der Waals surface area contributed by atoms with E-state index in [-0.39, 0.29) is 44.9 Å². The van der Waals surface area contributed by atoms with Crippen LogP contribution in [0.1, 0.15) is 49.1 Å². The Morgan fingerprint density at radius 2 is 1.73 bits per heavy atom. The van der Waals surface area contributed by atoms with Crippen molar-refractivity contribution < 1.29 is 40.7 Å². The summed E-state index contributed by atoms with van der Waals surface area (Å²) in [5.41, 5.74) is 0.943. The number of aryl methyl sites for hydroxylation is 1. The van der Waals surface area contributed by atoms with Crippen LogP contribution in [0.4, 0.5) is 26.3 Å². The third-order valence-electron chi connectivity index (χ3n) is 6.64. The number of carbonyl (C=O) groups is 2. The predicted molar refractivity (Wildman–Crippen MR) is 157 cm³/mol. The maximum Gasteiger partial charge on any atom is 0.573 e. The number of rotatable bonds is 10. The highest BCUT2D eigenvalue weighted by atomic mass is 35.5. The number of Topliss-reactive ketones (excluding diaryl/α,β-unsaturated/α-hetero) is 1. The number of hydrogen-bond donors (Lipinski definition) is 1. The predicted octanol–water partition coefficient (Wildman–Crippen LogP) is 6.19. The summed E-state index contributed by atoms with van der Waals surface area (Å²) in [5.74, 6) is -3.22. The number of nitrogens with one attached hydrogen (secondary N) is 1. The van der Waals surface area contributed by atoms with Crippen molar-refractivity contribution >= 4 is 34.9 Å². The topological polar surface area (TPSA) is 130 Å². The van der Waals surface area contributed by atoms with Gasteiger partial charge in [-0.1, -0.05) is 41.4 Å². The third kappa shape index (κ3) is 8.09. The molecular formula is C29H20Cl2F6N8O3. The number of amides is 1. The summed E-state index contributed by atoms with van der Waals surface area (Å²) >= 11 is 12.7. The van der Waals surface area contributed by atoms with E-state index in [1.54, 1.807) is 13.0 Å². The number of pyridine rings is 1. The molecule has 0 saturated heterocycles. The van der Waals surface area contributed by atoms with Crippen molar-refractivity contribution in [2.45, 2.75) is 39.0 Å². The average molecular weight is 713 g/mol. The van der Waals surface area contributed by atoms with Crippen LogP contribution in [0.5, 0.6) is 5.75 Å². The van der Waals surface area contributed by atoms with Crippen molar-refractivity contribution in [3.05, 3.63) is 110 Å². The number of ketones is 1. The lowest BCUT2D eigenvalue weighted by Crippen LogP contribution is -2.26. The largest absolute Gasteiger partial charge is 0.573 e. The van der Waals surface area contributed by atoms with Crippen LogP contribution in [0.15, 0.2) is 60.8 Å². The van der Waals surface area contributed by atoms with Crippen molar-refractivity contribution in [2.75, 3.05) is 0 Å². The molecule has 0 fully saturated rings. The zero-order valence-corrected chi connectivity index (χ0v) is 25.8. The van der Waals surface area contributed by atoms with Gasteiger partial charge in [0.05, 0.1) is 21.3 Å². The van der Waals surface area contributed by atoms with E-state index in [1.807, 2.05) is 0 Å². The first-order valence-corrected chi connectivity index (χ1v) is 14.3. The van der Waals surface area contributed by atoms with E-state index in [9.17, 15) is 35.9 Å². The quantitative estimate of drug-likeness (QED) is 0.134. The molecule has 48 heavy (non-hydrogen) atoms. The van der Waals surface area contributed by atoms with Gasteiger partial charge in [-0.05, 0) is 65.2 Å². The van der Waals surface area contributed by atoms with Crippen LogP contribution in [-0.4, -0.2) is 53.0 Å². The molecule has 0 aliphatic rings. The van der Waals surface area contributed by atoms with Crippen molar-refractivity contribution in [3.8, 4) is 11.6 Å². The SMILES string of the molecule is Cc1ccc(Cl)c(C(=O)NCc2cccc(OC(F)(F)F)c2)c1CC(=O)c1cc(Cn2nnc(C(F)(F)F)n2)nn1-c1ncccc1Cl. The maximum atomic E-state index is 13.9. The molecule has 0 spiro atoms. The van der Waals surface area contributed by atoms with Gasteiger partial charge in [0.1, 0.15) is 18.0 Å². The Morgan fingerprint density at radius 3 is 2.42 bits per heavy atom. The Labute approximate surface area is 276 Å². The third-order valence-corrected chi connectivity index (χ3v) is 7.25. The fraction of sp³-hybridized carbons (Fsp3) is 0.207. The number of hydrogen-bond acceptors (Lipinski definition) is 8. The molecule has 5 rings (SSSR count). The summed E-state index contributed by atoms with van der Waals surface area (Å²) in [6.07, 6.45) is -8.75. The molecule has 19 heteroatoms. The smallest absolute Gasteiger partial charge is 0.406 e. The van der Waals surface area contributed by atoms with Crippen LogP contribution >= 0.6 is 23.2 Å². The fourth-order valence-electron chi connectivity index (χ4n) is 4.54. The molecule has 250 valence electrons. The number of alkyl halides is 6. The second kappa shape index (κ2) is 13.6. The highest BCUT2D eigenvalue weighted by Crippen LogP contribution is 2.28. The van der Waals surface area contributed by atoms with Gasteiger partial charge in [0.2, 0.25) is 0 Å². The second-order valence-corrected chi connectivity index (χ2v) is 10.9. The molecule has 1 amide bonds. The summed E-state index contributed by atoms with van der Waals surface area (Å²) in [4.78, 5) is 32.1. The first-order valence-electron chi connectivity index (χ1n) is 13.6. The van der Waals surface area contributed by atoms with Crippen LogP contribution in [0, 0.1) is 6.92 Å². The zero-order valence-electron chi connectivity index (χ0n) is 24.3.